The summed E-state index contributed by atoms with van der Waals surface area (Å²) in [5.41, 5.74) is 0.782. The number of hydrogen-bond donors (Lipinski definition) is 5. The first-order chi connectivity index (χ1) is 16.8. The van der Waals surface area contributed by atoms with E-state index in [0.29, 0.717) is 18.6 Å². The van der Waals surface area contributed by atoms with Gasteiger partial charge in [-0.25, -0.2) is 4.79 Å². The van der Waals surface area contributed by atoms with Gasteiger partial charge in [-0.3, -0.25) is 14.4 Å². The van der Waals surface area contributed by atoms with Crippen LogP contribution < -0.4 is 21.3 Å². The van der Waals surface area contributed by atoms with Gasteiger partial charge in [0, 0.05) is 6.42 Å². The Morgan fingerprint density at radius 3 is 2.37 bits per heavy atom. The molecule has 0 radical (unpaired) electrons. The van der Waals surface area contributed by atoms with Crippen molar-refractivity contribution in [3.63, 3.8) is 0 Å². The molecule has 5 unspecified atom stereocenters. The molecule has 194 valence electrons. The number of nitrogens with one attached hydrogen (secondary N) is 4. The molecule has 3 amide bonds. The van der Waals surface area contributed by atoms with Gasteiger partial charge in [-0.1, -0.05) is 50.6 Å². The third-order valence-electron chi connectivity index (χ3n) is 6.31. The van der Waals surface area contributed by atoms with Crippen molar-refractivity contribution in [1.82, 2.24) is 21.3 Å². The van der Waals surface area contributed by atoms with E-state index < -0.39 is 35.9 Å². The number of carbonyl (C=O) groups is 4. The number of carboxylic acid groups (broad SMARTS) is 1. The molecular formula is C25H38N4O5S. The van der Waals surface area contributed by atoms with Crippen LogP contribution >= 0.6 is 11.8 Å². The van der Waals surface area contributed by atoms with Crippen LogP contribution in [0.5, 0.6) is 0 Å². The Bertz CT molecular complexity index is 848. The van der Waals surface area contributed by atoms with Crippen LogP contribution in [-0.4, -0.2) is 71.5 Å². The summed E-state index contributed by atoms with van der Waals surface area (Å²) in [5.74, 6) is -1.94. The summed E-state index contributed by atoms with van der Waals surface area (Å²) in [6, 6.07) is 5.89. The molecular weight excluding hydrogens is 468 g/mol. The third-order valence-corrected chi connectivity index (χ3v) is 6.95. The van der Waals surface area contributed by atoms with E-state index in [1.165, 1.54) is 0 Å². The first-order valence-corrected chi connectivity index (χ1v) is 13.6. The lowest BCUT2D eigenvalue weighted by atomic mass is 9.96. The SMILES string of the molecule is CCC(C)C(NC(=O)C(CCSC)NC(=O)C1CCCN1)C(=O)NC(Cc1ccccc1)C(=O)O. The predicted octanol–water partition coefficient (Wildman–Crippen LogP) is 1.32. The van der Waals surface area contributed by atoms with Crippen molar-refractivity contribution in [2.75, 3.05) is 18.6 Å². The zero-order valence-corrected chi connectivity index (χ0v) is 21.5. The number of aliphatic carboxylic acids is 1. The van der Waals surface area contributed by atoms with E-state index >= 15 is 0 Å². The van der Waals surface area contributed by atoms with Crippen molar-refractivity contribution in [1.29, 1.82) is 0 Å². The Hall–Kier alpha value is -2.59. The first kappa shape index (κ1) is 28.6. The van der Waals surface area contributed by atoms with Gasteiger partial charge in [0.2, 0.25) is 17.7 Å². The molecule has 10 heteroatoms. The van der Waals surface area contributed by atoms with Crippen molar-refractivity contribution in [2.45, 2.75) is 70.1 Å². The zero-order chi connectivity index (χ0) is 25.8. The molecule has 0 bridgehead atoms. The summed E-state index contributed by atoms with van der Waals surface area (Å²) in [6.45, 7) is 4.49. The van der Waals surface area contributed by atoms with E-state index in [9.17, 15) is 24.3 Å². The van der Waals surface area contributed by atoms with Crippen LogP contribution in [0.15, 0.2) is 30.3 Å². The standard InChI is InChI=1S/C25H38N4O5S/c1-4-16(2)21(24(32)28-20(25(33)34)15-17-9-6-5-7-10-17)29-23(31)19(12-14-35-3)27-22(30)18-11-8-13-26-18/h5-7,9-10,16,18-21,26H,4,8,11-15H2,1-3H3,(H,27,30)(H,28,32)(H,29,31)(H,33,34). The molecule has 0 aliphatic carbocycles. The van der Waals surface area contributed by atoms with Crippen LogP contribution in [0.3, 0.4) is 0 Å². The summed E-state index contributed by atoms with van der Waals surface area (Å²) in [4.78, 5) is 50.8. The van der Waals surface area contributed by atoms with Gasteiger partial charge in [0.25, 0.3) is 0 Å². The van der Waals surface area contributed by atoms with Crippen molar-refractivity contribution in [3.05, 3.63) is 35.9 Å². The smallest absolute Gasteiger partial charge is 0.326 e. The van der Waals surface area contributed by atoms with Crippen LogP contribution in [0, 0.1) is 5.92 Å². The van der Waals surface area contributed by atoms with E-state index in [2.05, 4.69) is 21.3 Å². The highest BCUT2D eigenvalue weighted by atomic mass is 32.2. The maximum atomic E-state index is 13.2. The van der Waals surface area contributed by atoms with E-state index in [4.69, 9.17) is 0 Å². The van der Waals surface area contributed by atoms with Gasteiger partial charge in [-0.15, -0.1) is 0 Å². The number of benzene rings is 1. The Morgan fingerprint density at radius 1 is 1.09 bits per heavy atom. The van der Waals surface area contributed by atoms with Crippen molar-refractivity contribution < 1.29 is 24.3 Å². The molecule has 1 heterocycles. The highest BCUT2D eigenvalue weighted by Gasteiger charge is 2.33. The minimum absolute atomic E-state index is 0.129. The fraction of sp³-hybridized carbons (Fsp3) is 0.600. The maximum absolute atomic E-state index is 13.2. The number of amides is 3. The second-order valence-electron chi connectivity index (χ2n) is 8.95. The zero-order valence-electron chi connectivity index (χ0n) is 20.7. The molecule has 1 aliphatic rings. The van der Waals surface area contributed by atoms with Gasteiger partial charge in [-0.2, -0.15) is 11.8 Å². The van der Waals surface area contributed by atoms with E-state index in [1.54, 1.807) is 23.9 Å². The first-order valence-electron chi connectivity index (χ1n) is 12.2. The van der Waals surface area contributed by atoms with Crippen LogP contribution in [-0.2, 0) is 25.6 Å². The van der Waals surface area contributed by atoms with Crippen molar-refractivity contribution in [2.24, 2.45) is 5.92 Å². The monoisotopic (exact) mass is 506 g/mol. The molecule has 1 saturated heterocycles. The Morgan fingerprint density at radius 2 is 1.80 bits per heavy atom. The van der Waals surface area contributed by atoms with Crippen LogP contribution in [0.4, 0.5) is 0 Å². The average Bonchev–Trinajstić information content (AvgIpc) is 3.39. The molecule has 1 fully saturated rings. The maximum Gasteiger partial charge on any atom is 0.326 e. The number of hydrogen-bond acceptors (Lipinski definition) is 6. The quantitative estimate of drug-likeness (QED) is 0.257. The van der Waals surface area contributed by atoms with Gasteiger partial charge in [-0.05, 0) is 49.3 Å². The Balaban J connectivity index is 2.11. The minimum atomic E-state index is -1.15. The number of thioether (sulfide) groups is 1. The highest BCUT2D eigenvalue weighted by Crippen LogP contribution is 2.12. The summed E-state index contributed by atoms with van der Waals surface area (Å²) >= 11 is 1.56. The molecule has 5 N–H and O–H groups in total. The second-order valence-corrected chi connectivity index (χ2v) is 9.94. The summed E-state index contributed by atoms with van der Waals surface area (Å²) in [7, 11) is 0. The second kappa shape index (κ2) is 14.7. The fourth-order valence-corrected chi connectivity index (χ4v) is 4.42. The number of carboxylic acids is 1. The number of rotatable bonds is 14. The fourth-order valence-electron chi connectivity index (χ4n) is 3.95. The molecule has 9 nitrogen and oxygen atoms in total. The topological polar surface area (TPSA) is 137 Å². The van der Waals surface area contributed by atoms with Gasteiger partial charge >= 0.3 is 5.97 Å². The minimum Gasteiger partial charge on any atom is -0.480 e. The number of carbonyl (C=O) groups excluding carboxylic acids is 3. The molecule has 1 aromatic rings. The molecule has 35 heavy (non-hydrogen) atoms. The van der Waals surface area contributed by atoms with Gasteiger partial charge in [0.15, 0.2) is 0 Å². The third kappa shape index (κ3) is 9.18. The molecule has 1 aromatic carbocycles. The van der Waals surface area contributed by atoms with E-state index in [1.807, 2.05) is 38.3 Å². The molecule has 0 saturated carbocycles. The lowest BCUT2D eigenvalue weighted by molar-refractivity contribution is -0.142. The molecule has 0 spiro atoms. The van der Waals surface area contributed by atoms with Crippen LogP contribution in [0.25, 0.3) is 0 Å². The molecule has 2 rings (SSSR count). The van der Waals surface area contributed by atoms with Crippen LogP contribution in [0.1, 0.15) is 45.1 Å². The largest absolute Gasteiger partial charge is 0.480 e. The Kier molecular flexibility index (Phi) is 12.1. The van der Waals surface area contributed by atoms with Gasteiger partial charge in [0.1, 0.15) is 18.1 Å². The van der Waals surface area contributed by atoms with Gasteiger partial charge < -0.3 is 26.4 Å². The van der Waals surface area contributed by atoms with Gasteiger partial charge in [0.05, 0.1) is 6.04 Å². The highest BCUT2D eigenvalue weighted by molar-refractivity contribution is 7.98. The predicted molar refractivity (Wildman–Crippen MR) is 137 cm³/mol. The average molecular weight is 507 g/mol. The van der Waals surface area contributed by atoms with E-state index in [-0.39, 0.29) is 24.3 Å². The summed E-state index contributed by atoms with van der Waals surface area (Å²) in [5, 5.41) is 21.0. The molecule has 1 aliphatic heterocycles. The summed E-state index contributed by atoms with van der Waals surface area (Å²) in [6.07, 6.45) is 4.70. The van der Waals surface area contributed by atoms with E-state index in [0.717, 1.165) is 24.9 Å². The molecule has 0 aromatic heterocycles. The lowest BCUT2D eigenvalue weighted by Crippen LogP contribution is -2.58. The summed E-state index contributed by atoms with van der Waals surface area (Å²) < 4.78 is 0. The van der Waals surface area contributed by atoms with Crippen molar-refractivity contribution in [3.8, 4) is 0 Å². The molecule has 5 atom stereocenters. The van der Waals surface area contributed by atoms with Crippen molar-refractivity contribution >= 4 is 35.5 Å². The lowest BCUT2D eigenvalue weighted by Gasteiger charge is -2.28. The normalized spacial score (nSPS) is 18.7. The van der Waals surface area contributed by atoms with Crippen LogP contribution in [0.2, 0.25) is 0 Å². The Labute approximate surface area is 211 Å².